The number of carbonyl (C=O) groups is 1. The Hall–Kier alpha value is -3.34. The lowest BCUT2D eigenvalue weighted by atomic mass is 10.2. The quantitative estimate of drug-likeness (QED) is 0.792. The normalized spacial score (nSPS) is 11.3. The number of rotatable bonds is 3. The smallest absolute Gasteiger partial charge is 0.287 e. The summed E-state index contributed by atoms with van der Waals surface area (Å²) in [7, 11) is 0. The number of nitrogens with one attached hydrogen (secondary N) is 1. The number of carbonyl (C=O) groups excluding carboxylic acids is 1. The van der Waals surface area contributed by atoms with E-state index in [-0.39, 0.29) is 17.4 Å². The number of halogens is 2. The van der Waals surface area contributed by atoms with Crippen LogP contribution < -0.4 is 5.32 Å². The third-order valence-corrected chi connectivity index (χ3v) is 3.55. The second-order valence-electron chi connectivity index (χ2n) is 5.56. The molecule has 0 saturated carbocycles. The summed E-state index contributed by atoms with van der Waals surface area (Å²) in [4.78, 5) is 19.3. The minimum atomic E-state index is -3.08. The molecule has 0 aliphatic carbocycles. The van der Waals surface area contributed by atoms with Crippen LogP contribution in [0.2, 0.25) is 0 Å². The first kappa shape index (κ1) is 16.5. The Morgan fingerprint density at radius 3 is 2.80 bits per heavy atom. The van der Waals surface area contributed by atoms with Crippen LogP contribution in [0.3, 0.4) is 0 Å². The number of aromatic nitrogens is 3. The van der Waals surface area contributed by atoms with Gasteiger partial charge in [-0.2, -0.15) is 14.0 Å². The molecular weight excluding hydrogens is 328 g/mol. The molecule has 0 spiro atoms. The van der Waals surface area contributed by atoms with E-state index in [4.69, 9.17) is 0 Å². The lowest BCUT2D eigenvalue weighted by Crippen LogP contribution is -2.11. The number of anilines is 1. The van der Waals surface area contributed by atoms with Gasteiger partial charge in [-0.15, -0.1) is 0 Å². The molecule has 0 aliphatic heterocycles. The van der Waals surface area contributed by atoms with Crippen LogP contribution in [-0.4, -0.2) is 20.4 Å². The Kier molecular flexibility index (Phi) is 3.93. The van der Waals surface area contributed by atoms with Gasteiger partial charge in [0.1, 0.15) is 23.4 Å². The Morgan fingerprint density at radius 2 is 2.16 bits per heavy atom. The Morgan fingerprint density at radius 1 is 1.40 bits per heavy atom. The van der Waals surface area contributed by atoms with Crippen molar-refractivity contribution in [2.45, 2.75) is 19.8 Å². The highest BCUT2D eigenvalue weighted by molar-refractivity contribution is 5.93. The van der Waals surface area contributed by atoms with Gasteiger partial charge in [0.25, 0.3) is 5.92 Å². The molecule has 0 radical (unpaired) electrons. The van der Waals surface area contributed by atoms with Crippen molar-refractivity contribution in [3.8, 4) is 11.9 Å². The first-order chi connectivity index (χ1) is 11.8. The molecule has 1 amide bonds. The third kappa shape index (κ3) is 3.17. The van der Waals surface area contributed by atoms with Gasteiger partial charge in [0.2, 0.25) is 5.91 Å². The molecule has 3 aromatic heterocycles. The zero-order valence-corrected chi connectivity index (χ0v) is 13.4. The SMILES string of the molecule is CC(=O)Nc1cc2c(cn1)c(C#N)cn2-c1cccc(C(C)(F)F)n1. The fourth-order valence-corrected chi connectivity index (χ4v) is 2.45. The van der Waals surface area contributed by atoms with Crippen molar-refractivity contribution in [1.29, 1.82) is 5.26 Å². The molecule has 6 nitrogen and oxygen atoms in total. The molecular formula is C17H13F2N5O. The lowest BCUT2D eigenvalue weighted by Gasteiger charge is -2.12. The molecule has 3 aromatic rings. The molecule has 25 heavy (non-hydrogen) atoms. The fourth-order valence-electron chi connectivity index (χ4n) is 2.45. The second kappa shape index (κ2) is 5.94. The Bertz CT molecular complexity index is 1010. The Balaban J connectivity index is 2.22. The first-order valence-corrected chi connectivity index (χ1v) is 7.34. The van der Waals surface area contributed by atoms with Crippen molar-refractivity contribution in [3.05, 3.63) is 47.9 Å². The fraction of sp³-hybridized carbons (Fsp3) is 0.176. The summed E-state index contributed by atoms with van der Waals surface area (Å²) in [5, 5.41) is 12.4. The third-order valence-electron chi connectivity index (χ3n) is 3.55. The zero-order chi connectivity index (χ0) is 18.2. The van der Waals surface area contributed by atoms with Gasteiger partial charge in [-0.1, -0.05) is 6.07 Å². The molecule has 0 unspecified atom stereocenters. The first-order valence-electron chi connectivity index (χ1n) is 7.34. The van der Waals surface area contributed by atoms with E-state index < -0.39 is 5.92 Å². The summed E-state index contributed by atoms with van der Waals surface area (Å²) in [6, 6.07) is 7.89. The second-order valence-corrected chi connectivity index (χ2v) is 5.56. The van der Waals surface area contributed by atoms with E-state index in [0.29, 0.717) is 22.3 Å². The minimum absolute atomic E-state index is 0.241. The van der Waals surface area contributed by atoms with Gasteiger partial charge < -0.3 is 5.32 Å². The molecule has 1 N–H and O–H groups in total. The molecule has 126 valence electrons. The number of nitrogens with zero attached hydrogens (tertiary/aromatic N) is 4. The van der Waals surface area contributed by atoms with E-state index in [2.05, 4.69) is 15.3 Å². The van der Waals surface area contributed by atoms with E-state index >= 15 is 0 Å². The van der Waals surface area contributed by atoms with E-state index in [9.17, 15) is 18.8 Å². The summed E-state index contributed by atoms with van der Waals surface area (Å²) in [6.45, 7) is 2.12. The number of nitriles is 1. The molecule has 0 bridgehead atoms. The standard InChI is InChI=1S/C17H13F2N5O/c1-10(25)22-15-6-13-12(8-21-15)11(7-20)9-24(13)16-5-3-4-14(23-16)17(2,18)19/h3-6,8-9H,1-2H3,(H,21,22,25). The summed E-state index contributed by atoms with van der Waals surface area (Å²) in [6.07, 6.45) is 2.96. The van der Waals surface area contributed by atoms with Crippen LogP contribution >= 0.6 is 0 Å². The monoisotopic (exact) mass is 341 g/mol. The molecule has 0 atom stereocenters. The molecule has 0 aliphatic rings. The average Bonchev–Trinajstić information content (AvgIpc) is 2.91. The molecule has 0 saturated heterocycles. The predicted octanol–water partition coefficient (Wildman–Crippen LogP) is 3.36. The van der Waals surface area contributed by atoms with Crippen molar-refractivity contribution >= 4 is 22.6 Å². The Labute approximate surface area is 141 Å². The van der Waals surface area contributed by atoms with Crippen LogP contribution in [0.5, 0.6) is 0 Å². The highest BCUT2D eigenvalue weighted by atomic mass is 19.3. The average molecular weight is 341 g/mol. The highest BCUT2D eigenvalue weighted by Gasteiger charge is 2.26. The van der Waals surface area contributed by atoms with Crippen molar-refractivity contribution in [3.63, 3.8) is 0 Å². The zero-order valence-electron chi connectivity index (χ0n) is 13.4. The van der Waals surface area contributed by atoms with Gasteiger partial charge in [-0.05, 0) is 12.1 Å². The van der Waals surface area contributed by atoms with Gasteiger partial charge in [-0.3, -0.25) is 9.36 Å². The summed E-state index contributed by atoms with van der Waals surface area (Å²) in [5.41, 5.74) is 0.480. The lowest BCUT2D eigenvalue weighted by molar-refractivity contribution is -0.114. The van der Waals surface area contributed by atoms with E-state index in [0.717, 1.165) is 6.92 Å². The van der Waals surface area contributed by atoms with Crippen molar-refractivity contribution in [2.24, 2.45) is 0 Å². The summed E-state index contributed by atoms with van der Waals surface area (Å²) >= 11 is 0. The van der Waals surface area contributed by atoms with Crippen LogP contribution in [0.25, 0.3) is 16.7 Å². The summed E-state index contributed by atoms with van der Waals surface area (Å²) < 4.78 is 28.6. The maximum Gasteiger partial charge on any atom is 0.287 e. The molecule has 3 rings (SSSR count). The van der Waals surface area contributed by atoms with Gasteiger partial charge in [0.15, 0.2) is 0 Å². The van der Waals surface area contributed by atoms with Gasteiger partial charge in [-0.25, -0.2) is 9.97 Å². The largest absolute Gasteiger partial charge is 0.311 e. The van der Waals surface area contributed by atoms with Gasteiger partial charge >= 0.3 is 0 Å². The number of alkyl halides is 2. The van der Waals surface area contributed by atoms with Crippen LogP contribution in [-0.2, 0) is 10.7 Å². The van der Waals surface area contributed by atoms with Crippen LogP contribution in [0.1, 0.15) is 25.1 Å². The summed E-state index contributed by atoms with van der Waals surface area (Å²) in [5.74, 6) is -2.84. The highest BCUT2D eigenvalue weighted by Crippen LogP contribution is 2.28. The maximum atomic E-state index is 13.6. The van der Waals surface area contributed by atoms with Gasteiger partial charge in [0.05, 0.1) is 11.1 Å². The van der Waals surface area contributed by atoms with E-state index in [1.165, 1.54) is 36.0 Å². The number of amides is 1. The minimum Gasteiger partial charge on any atom is -0.311 e. The molecule has 0 aromatic carbocycles. The number of pyridine rings is 2. The topological polar surface area (TPSA) is 83.6 Å². The molecule has 3 heterocycles. The molecule has 8 heteroatoms. The van der Waals surface area contributed by atoms with Crippen molar-refractivity contribution in [1.82, 2.24) is 14.5 Å². The van der Waals surface area contributed by atoms with Crippen molar-refractivity contribution in [2.75, 3.05) is 5.32 Å². The van der Waals surface area contributed by atoms with Crippen LogP contribution in [0.15, 0.2) is 36.7 Å². The number of hydrogen-bond donors (Lipinski definition) is 1. The van der Waals surface area contributed by atoms with Crippen molar-refractivity contribution < 1.29 is 13.6 Å². The predicted molar refractivity (Wildman–Crippen MR) is 87.5 cm³/mol. The van der Waals surface area contributed by atoms with E-state index in [1.807, 2.05) is 6.07 Å². The maximum absolute atomic E-state index is 13.6. The van der Waals surface area contributed by atoms with Gasteiger partial charge in [0, 0.05) is 37.7 Å². The number of fused-ring (bicyclic) bond motifs is 1. The molecule has 0 fully saturated rings. The van der Waals surface area contributed by atoms with Crippen LogP contribution in [0.4, 0.5) is 14.6 Å². The van der Waals surface area contributed by atoms with E-state index in [1.54, 1.807) is 12.1 Å². The number of hydrogen-bond acceptors (Lipinski definition) is 4. The van der Waals surface area contributed by atoms with Crippen LogP contribution in [0, 0.1) is 11.3 Å².